The predicted molar refractivity (Wildman–Crippen MR) is 131 cm³/mol. The molecule has 7 rings (SSSR count). The lowest BCUT2D eigenvalue weighted by molar-refractivity contribution is -0.158. The van der Waals surface area contributed by atoms with E-state index in [1.807, 2.05) is 35.5 Å². The van der Waals surface area contributed by atoms with E-state index >= 15 is 0 Å². The van der Waals surface area contributed by atoms with E-state index in [4.69, 9.17) is 9.72 Å². The standard InChI is InChI=1S/C26H25N7O3/c1-3-24(34)31-11-19(12-31)26(35)33-20-7-21(33)15-30(14-20)23-5-4-16(9-28-23)17-6-22(36-2)25-18(8-27)10-29-32(25)13-17/h3-6,9-10,13,19-21H,1,7,11-12,14-15H2,2H3. The van der Waals surface area contributed by atoms with Crippen molar-refractivity contribution in [2.45, 2.75) is 18.5 Å². The molecule has 4 aliphatic rings. The Balaban J connectivity index is 1.13. The third kappa shape index (κ3) is 3.39. The van der Waals surface area contributed by atoms with Crippen molar-refractivity contribution in [2.24, 2.45) is 5.92 Å². The van der Waals surface area contributed by atoms with Crippen molar-refractivity contribution in [1.29, 1.82) is 5.26 Å². The van der Waals surface area contributed by atoms with Crippen LogP contribution in [0.2, 0.25) is 0 Å². The highest BCUT2D eigenvalue weighted by Crippen LogP contribution is 2.37. The van der Waals surface area contributed by atoms with Gasteiger partial charge < -0.3 is 19.4 Å². The van der Waals surface area contributed by atoms with Crippen LogP contribution in [0.5, 0.6) is 5.75 Å². The molecule has 0 aliphatic carbocycles. The number of nitriles is 1. The molecule has 0 spiro atoms. The zero-order valence-corrected chi connectivity index (χ0v) is 19.9. The van der Waals surface area contributed by atoms with Gasteiger partial charge in [-0.15, -0.1) is 0 Å². The number of anilines is 1. The minimum atomic E-state index is -0.113. The molecular weight excluding hydrogens is 458 g/mol. The maximum atomic E-state index is 13.0. The number of amides is 2. The minimum absolute atomic E-state index is 0.100. The summed E-state index contributed by atoms with van der Waals surface area (Å²) in [6, 6.07) is 8.41. The van der Waals surface area contributed by atoms with Gasteiger partial charge in [0.15, 0.2) is 0 Å². The van der Waals surface area contributed by atoms with Crippen molar-refractivity contribution >= 4 is 23.1 Å². The van der Waals surface area contributed by atoms with Crippen LogP contribution in [0.15, 0.2) is 49.4 Å². The normalized spacial score (nSPS) is 20.9. The number of piperidine rings is 1. The molecule has 0 aromatic carbocycles. The molecule has 0 N–H and O–H groups in total. The Hall–Kier alpha value is -4.39. The molecular formula is C26H25N7O3. The Morgan fingerprint density at radius 1 is 1.17 bits per heavy atom. The van der Waals surface area contributed by atoms with Crippen molar-refractivity contribution in [2.75, 3.05) is 38.2 Å². The smallest absolute Gasteiger partial charge is 0.246 e. The van der Waals surface area contributed by atoms with Crippen LogP contribution in [0, 0.1) is 17.2 Å². The first kappa shape index (κ1) is 22.1. The molecule has 10 nitrogen and oxygen atoms in total. The molecule has 182 valence electrons. The Bertz CT molecular complexity index is 1410. The van der Waals surface area contributed by atoms with Gasteiger partial charge in [0, 0.05) is 49.7 Å². The van der Waals surface area contributed by atoms with E-state index in [1.165, 1.54) is 12.3 Å². The summed E-state index contributed by atoms with van der Waals surface area (Å²) in [5.74, 6) is 1.41. The van der Waals surface area contributed by atoms with Crippen molar-refractivity contribution in [3.05, 3.63) is 55.0 Å². The number of pyridine rings is 2. The van der Waals surface area contributed by atoms with Gasteiger partial charge in [-0.05, 0) is 30.7 Å². The number of aromatic nitrogens is 3. The molecule has 3 aromatic rings. The summed E-state index contributed by atoms with van der Waals surface area (Å²) in [5.41, 5.74) is 2.90. The first-order chi connectivity index (χ1) is 17.5. The maximum absolute atomic E-state index is 13.0. The number of likely N-dealkylation sites (tertiary alicyclic amines) is 1. The molecule has 0 saturated carbocycles. The van der Waals surface area contributed by atoms with E-state index in [0.29, 0.717) is 29.9 Å². The van der Waals surface area contributed by atoms with Gasteiger partial charge in [-0.1, -0.05) is 6.58 Å². The molecule has 10 heteroatoms. The fraction of sp³-hybridized carbons (Fsp3) is 0.346. The maximum Gasteiger partial charge on any atom is 0.246 e. The van der Waals surface area contributed by atoms with E-state index in [0.717, 1.165) is 36.5 Å². The second-order valence-electron chi connectivity index (χ2n) is 9.50. The lowest BCUT2D eigenvalue weighted by atomic mass is 9.84. The fourth-order valence-electron chi connectivity index (χ4n) is 5.53. The van der Waals surface area contributed by atoms with Gasteiger partial charge in [0.25, 0.3) is 0 Å². The molecule has 2 bridgehead atoms. The Morgan fingerprint density at radius 2 is 1.94 bits per heavy atom. The van der Waals surface area contributed by atoms with Crippen molar-refractivity contribution in [3.8, 4) is 22.9 Å². The number of carbonyl (C=O) groups is 2. The zero-order chi connectivity index (χ0) is 25.0. The van der Waals surface area contributed by atoms with Crippen molar-refractivity contribution < 1.29 is 14.3 Å². The molecule has 2 amide bonds. The van der Waals surface area contributed by atoms with Gasteiger partial charge in [0.2, 0.25) is 11.8 Å². The van der Waals surface area contributed by atoms with Crippen LogP contribution >= 0.6 is 0 Å². The number of rotatable bonds is 5. The second-order valence-corrected chi connectivity index (χ2v) is 9.50. The van der Waals surface area contributed by atoms with Crippen molar-refractivity contribution in [3.63, 3.8) is 0 Å². The topological polar surface area (TPSA) is 107 Å². The first-order valence-electron chi connectivity index (χ1n) is 11.9. The lowest BCUT2D eigenvalue weighted by Gasteiger charge is -2.58. The number of nitrogens with zero attached hydrogens (tertiary/aromatic N) is 7. The summed E-state index contributed by atoms with van der Waals surface area (Å²) >= 11 is 0. The average molecular weight is 484 g/mol. The van der Waals surface area contributed by atoms with E-state index in [9.17, 15) is 14.9 Å². The molecule has 2 unspecified atom stereocenters. The molecule has 36 heavy (non-hydrogen) atoms. The number of fused-ring (bicyclic) bond motifs is 3. The average Bonchev–Trinajstić information content (AvgIpc) is 3.30. The predicted octanol–water partition coefficient (Wildman–Crippen LogP) is 1.71. The highest BCUT2D eigenvalue weighted by molar-refractivity contribution is 5.90. The summed E-state index contributed by atoms with van der Waals surface area (Å²) in [6.45, 7) is 5.98. The first-order valence-corrected chi connectivity index (χ1v) is 11.9. The molecule has 2 atom stereocenters. The van der Waals surface area contributed by atoms with E-state index in [1.54, 1.807) is 16.5 Å². The minimum Gasteiger partial charge on any atom is -0.494 e. The molecule has 4 aliphatic heterocycles. The van der Waals surface area contributed by atoms with Gasteiger partial charge in [0.1, 0.15) is 28.7 Å². The van der Waals surface area contributed by atoms with Gasteiger partial charge in [-0.25, -0.2) is 9.50 Å². The summed E-state index contributed by atoms with van der Waals surface area (Å²) in [6.07, 6.45) is 7.52. The largest absolute Gasteiger partial charge is 0.494 e. The van der Waals surface area contributed by atoms with Gasteiger partial charge in [0.05, 0.1) is 31.3 Å². The highest BCUT2D eigenvalue weighted by atomic mass is 16.5. The van der Waals surface area contributed by atoms with E-state index in [-0.39, 0.29) is 29.8 Å². The molecule has 4 saturated heterocycles. The lowest BCUT2D eigenvalue weighted by Crippen LogP contribution is -2.72. The van der Waals surface area contributed by atoms with E-state index in [2.05, 4.69) is 22.6 Å². The third-order valence-electron chi connectivity index (χ3n) is 7.49. The summed E-state index contributed by atoms with van der Waals surface area (Å²) in [5, 5.41) is 13.6. The van der Waals surface area contributed by atoms with Crippen LogP contribution < -0.4 is 9.64 Å². The Kier molecular flexibility index (Phi) is 5.14. The van der Waals surface area contributed by atoms with E-state index < -0.39 is 0 Å². The highest BCUT2D eigenvalue weighted by Gasteiger charge is 2.50. The third-order valence-corrected chi connectivity index (χ3v) is 7.49. The molecule has 7 heterocycles. The molecule has 3 aromatic heterocycles. The second kappa shape index (κ2) is 8.37. The van der Waals surface area contributed by atoms with Crippen LogP contribution in [-0.4, -0.2) is 81.6 Å². The number of hydrogen-bond donors (Lipinski definition) is 0. The molecule has 0 radical (unpaired) electrons. The van der Waals surface area contributed by atoms with Gasteiger partial charge in [-0.3, -0.25) is 9.59 Å². The number of ether oxygens (including phenoxy) is 1. The summed E-state index contributed by atoms with van der Waals surface area (Å²) < 4.78 is 7.16. The van der Waals surface area contributed by atoms with Crippen LogP contribution in [0.1, 0.15) is 12.0 Å². The van der Waals surface area contributed by atoms with Gasteiger partial charge in [-0.2, -0.15) is 10.4 Å². The zero-order valence-electron chi connectivity index (χ0n) is 19.9. The number of piperazine rings is 1. The SMILES string of the molecule is C=CC(=O)N1CC(C(=O)N2C3CC2CN(c2ccc(-c4cc(OC)c5c(C#N)cnn5c4)cn2)C3)C1. The Labute approximate surface area is 208 Å². The fourth-order valence-corrected chi connectivity index (χ4v) is 5.53. The molecule has 4 fully saturated rings. The quantitative estimate of drug-likeness (QED) is 0.509. The van der Waals surface area contributed by atoms with Crippen molar-refractivity contribution in [1.82, 2.24) is 24.4 Å². The number of carbonyl (C=O) groups excluding carboxylic acids is 2. The number of hydrogen-bond acceptors (Lipinski definition) is 7. The number of methoxy groups -OCH3 is 1. The van der Waals surface area contributed by atoms with Gasteiger partial charge >= 0.3 is 0 Å². The van der Waals surface area contributed by atoms with Crippen LogP contribution in [0.25, 0.3) is 16.6 Å². The Morgan fingerprint density at radius 3 is 2.58 bits per heavy atom. The summed E-state index contributed by atoms with van der Waals surface area (Å²) in [7, 11) is 1.58. The monoisotopic (exact) mass is 483 g/mol. The van der Waals surface area contributed by atoms with Crippen LogP contribution in [0.4, 0.5) is 5.82 Å². The van der Waals surface area contributed by atoms with Crippen LogP contribution in [0.3, 0.4) is 0 Å². The summed E-state index contributed by atoms with van der Waals surface area (Å²) in [4.78, 5) is 35.3. The van der Waals surface area contributed by atoms with Crippen LogP contribution in [-0.2, 0) is 9.59 Å².